The van der Waals surface area contributed by atoms with Crippen molar-refractivity contribution in [1.82, 2.24) is 9.62 Å². The van der Waals surface area contributed by atoms with Crippen LogP contribution in [-0.2, 0) is 22.0 Å². The number of hydrogen-bond donors (Lipinski definition) is 1. The van der Waals surface area contributed by atoms with Gasteiger partial charge in [0.05, 0.1) is 11.3 Å². The zero-order chi connectivity index (χ0) is 17.1. The number of nitrogens with one attached hydrogen (secondary N) is 1. The van der Waals surface area contributed by atoms with Gasteiger partial charge in [-0.2, -0.15) is 13.2 Å². The van der Waals surface area contributed by atoms with Crippen molar-refractivity contribution in [2.75, 3.05) is 26.7 Å². The van der Waals surface area contributed by atoms with Crippen LogP contribution in [0.5, 0.6) is 0 Å². The summed E-state index contributed by atoms with van der Waals surface area (Å²) in [7, 11) is -1.90. The topological polar surface area (TPSA) is 49.4 Å². The van der Waals surface area contributed by atoms with Gasteiger partial charge in [0.15, 0.2) is 0 Å². The van der Waals surface area contributed by atoms with Gasteiger partial charge in [-0.3, -0.25) is 0 Å². The van der Waals surface area contributed by atoms with Crippen molar-refractivity contribution >= 4 is 22.4 Å². The molecular formula is C15H22ClF3N2O2S. The molecule has 4 nitrogen and oxygen atoms in total. The Morgan fingerprint density at radius 2 is 1.79 bits per heavy atom. The van der Waals surface area contributed by atoms with Gasteiger partial charge in [0.25, 0.3) is 0 Å². The molecule has 1 aromatic rings. The van der Waals surface area contributed by atoms with Gasteiger partial charge in [-0.05, 0) is 44.0 Å². The fourth-order valence-electron chi connectivity index (χ4n) is 2.89. The highest BCUT2D eigenvalue weighted by Gasteiger charge is 2.35. The molecule has 1 heterocycles. The van der Waals surface area contributed by atoms with E-state index in [1.54, 1.807) is 0 Å². The average molecular weight is 387 g/mol. The number of alkyl halides is 3. The lowest BCUT2D eigenvalue weighted by Gasteiger charge is -2.31. The molecule has 1 fully saturated rings. The van der Waals surface area contributed by atoms with E-state index < -0.39 is 27.5 Å². The Labute approximate surface area is 146 Å². The molecule has 9 heteroatoms. The van der Waals surface area contributed by atoms with Crippen LogP contribution in [0.1, 0.15) is 24.0 Å². The molecule has 0 amide bonds. The molecule has 24 heavy (non-hydrogen) atoms. The summed E-state index contributed by atoms with van der Waals surface area (Å²) in [5.41, 5.74) is -1.08. The maximum Gasteiger partial charge on any atom is 0.416 e. The van der Waals surface area contributed by atoms with Crippen LogP contribution in [0.25, 0.3) is 0 Å². The minimum absolute atomic E-state index is 0. The van der Waals surface area contributed by atoms with Crippen LogP contribution in [0.3, 0.4) is 0 Å². The maximum absolute atomic E-state index is 13.0. The molecule has 1 aromatic carbocycles. The molecular weight excluding hydrogens is 365 g/mol. The second kappa shape index (κ2) is 8.51. The third-order valence-corrected chi connectivity index (χ3v) is 5.95. The molecule has 2 rings (SSSR count). The standard InChI is InChI=1S/C15H21F3N2O2S.ClH/c1-19-10-12-6-8-20(9-7-12)23(21,22)11-13-4-2-3-5-14(13)15(16,17)18;/h2-5,12,19H,6-11H2,1H3;1H. The number of halogens is 4. The molecule has 0 atom stereocenters. The molecule has 0 radical (unpaired) electrons. The Hall–Kier alpha value is -0.830. The van der Waals surface area contributed by atoms with Gasteiger partial charge in [-0.15, -0.1) is 12.4 Å². The lowest BCUT2D eigenvalue weighted by molar-refractivity contribution is -0.138. The zero-order valence-electron chi connectivity index (χ0n) is 13.3. The van der Waals surface area contributed by atoms with Crippen molar-refractivity contribution in [3.63, 3.8) is 0 Å². The highest BCUT2D eigenvalue weighted by molar-refractivity contribution is 7.88. The molecule has 0 saturated carbocycles. The molecule has 1 N–H and O–H groups in total. The Morgan fingerprint density at radius 3 is 2.33 bits per heavy atom. The van der Waals surface area contributed by atoms with Gasteiger partial charge >= 0.3 is 6.18 Å². The van der Waals surface area contributed by atoms with Crippen LogP contribution < -0.4 is 5.32 Å². The predicted octanol–water partition coefficient (Wildman–Crippen LogP) is 2.89. The van der Waals surface area contributed by atoms with Gasteiger partial charge in [0, 0.05) is 13.1 Å². The number of piperidine rings is 1. The third-order valence-electron chi connectivity index (χ3n) is 4.12. The molecule has 1 saturated heterocycles. The first-order valence-corrected chi connectivity index (χ1v) is 9.12. The fraction of sp³-hybridized carbons (Fsp3) is 0.600. The summed E-state index contributed by atoms with van der Waals surface area (Å²) in [6.45, 7) is 1.55. The predicted molar refractivity (Wildman–Crippen MR) is 89.5 cm³/mol. The van der Waals surface area contributed by atoms with Crippen molar-refractivity contribution in [3.05, 3.63) is 35.4 Å². The van der Waals surface area contributed by atoms with Crippen molar-refractivity contribution in [2.45, 2.75) is 24.8 Å². The second-order valence-corrected chi connectivity index (χ2v) is 7.78. The van der Waals surface area contributed by atoms with E-state index in [1.807, 2.05) is 7.05 Å². The monoisotopic (exact) mass is 386 g/mol. The molecule has 0 bridgehead atoms. The largest absolute Gasteiger partial charge is 0.416 e. The van der Waals surface area contributed by atoms with Gasteiger partial charge in [-0.25, -0.2) is 12.7 Å². The highest BCUT2D eigenvalue weighted by atomic mass is 35.5. The van der Waals surface area contributed by atoms with Crippen LogP contribution in [0.4, 0.5) is 13.2 Å². The van der Waals surface area contributed by atoms with Gasteiger partial charge in [-0.1, -0.05) is 18.2 Å². The quantitative estimate of drug-likeness (QED) is 0.846. The Morgan fingerprint density at radius 1 is 1.21 bits per heavy atom. The molecule has 1 aliphatic rings. The van der Waals surface area contributed by atoms with Crippen LogP contribution in [0, 0.1) is 5.92 Å². The summed E-state index contributed by atoms with van der Waals surface area (Å²) in [4.78, 5) is 0. The van der Waals surface area contributed by atoms with Crippen molar-refractivity contribution in [1.29, 1.82) is 0 Å². The summed E-state index contributed by atoms with van der Waals surface area (Å²) in [5.74, 6) is -0.201. The van der Waals surface area contributed by atoms with Gasteiger partial charge in [0.1, 0.15) is 0 Å². The van der Waals surface area contributed by atoms with Crippen LogP contribution in [0.15, 0.2) is 24.3 Å². The van der Waals surface area contributed by atoms with Crippen LogP contribution in [0.2, 0.25) is 0 Å². The van der Waals surface area contributed by atoms with E-state index in [0.717, 1.165) is 25.5 Å². The summed E-state index contributed by atoms with van der Waals surface area (Å²) in [6.07, 6.45) is -3.10. The van der Waals surface area contributed by atoms with E-state index in [4.69, 9.17) is 0 Å². The normalized spacial score (nSPS) is 17.5. The summed E-state index contributed by atoms with van der Waals surface area (Å²) < 4.78 is 65.2. The van der Waals surface area contributed by atoms with E-state index >= 15 is 0 Å². The molecule has 0 spiro atoms. The van der Waals surface area contributed by atoms with Crippen LogP contribution >= 0.6 is 12.4 Å². The summed E-state index contributed by atoms with van der Waals surface area (Å²) >= 11 is 0. The number of rotatable bonds is 5. The minimum Gasteiger partial charge on any atom is -0.319 e. The first-order valence-electron chi connectivity index (χ1n) is 7.51. The summed E-state index contributed by atoms with van der Waals surface area (Å²) in [6, 6.07) is 4.85. The number of benzene rings is 1. The molecule has 0 aromatic heterocycles. The highest BCUT2D eigenvalue weighted by Crippen LogP contribution is 2.33. The Bertz CT molecular complexity index is 630. The van der Waals surface area contributed by atoms with E-state index in [1.165, 1.54) is 22.5 Å². The molecule has 0 unspecified atom stereocenters. The lowest BCUT2D eigenvalue weighted by atomic mass is 9.98. The van der Waals surface area contributed by atoms with Crippen molar-refractivity contribution in [2.24, 2.45) is 5.92 Å². The maximum atomic E-state index is 13.0. The zero-order valence-corrected chi connectivity index (χ0v) is 15.0. The van der Waals surface area contributed by atoms with E-state index in [9.17, 15) is 21.6 Å². The van der Waals surface area contributed by atoms with Crippen molar-refractivity contribution < 1.29 is 21.6 Å². The number of nitrogens with zero attached hydrogens (tertiary/aromatic N) is 1. The third kappa shape index (κ3) is 5.34. The first kappa shape index (κ1) is 21.2. The van der Waals surface area contributed by atoms with E-state index in [2.05, 4.69) is 5.32 Å². The SMILES string of the molecule is CNCC1CCN(S(=O)(=O)Cc2ccccc2C(F)(F)F)CC1.Cl. The van der Waals surface area contributed by atoms with Gasteiger partial charge < -0.3 is 5.32 Å². The average Bonchev–Trinajstić information content (AvgIpc) is 2.47. The van der Waals surface area contributed by atoms with Crippen molar-refractivity contribution in [3.8, 4) is 0 Å². The number of sulfonamides is 1. The Kier molecular flexibility index (Phi) is 7.52. The minimum atomic E-state index is -4.55. The molecule has 138 valence electrons. The number of hydrogen-bond acceptors (Lipinski definition) is 3. The van der Waals surface area contributed by atoms with Crippen LogP contribution in [-0.4, -0.2) is 39.4 Å². The van der Waals surface area contributed by atoms with E-state index in [-0.39, 0.29) is 18.0 Å². The molecule has 1 aliphatic heterocycles. The van der Waals surface area contributed by atoms with Gasteiger partial charge in [0.2, 0.25) is 10.0 Å². The second-order valence-electron chi connectivity index (χ2n) is 5.81. The lowest BCUT2D eigenvalue weighted by Crippen LogP contribution is -2.41. The Balaban J connectivity index is 0.00000288. The smallest absolute Gasteiger partial charge is 0.319 e. The fourth-order valence-corrected chi connectivity index (χ4v) is 4.49. The molecule has 0 aliphatic carbocycles. The first-order chi connectivity index (χ1) is 10.7. The van der Waals surface area contributed by atoms with E-state index in [0.29, 0.717) is 19.0 Å². The summed E-state index contributed by atoms with van der Waals surface area (Å²) in [5, 5.41) is 3.06.